The molecule has 1 aromatic heterocycles. The molecule has 0 amide bonds. The molecule has 3 heteroatoms. The van der Waals surface area contributed by atoms with Gasteiger partial charge in [0.25, 0.3) is 0 Å². The average molecular weight is 305 g/mol. The Morgan fingerprint density at radius 3 is 2.89 bits per heavy atom. The molecule has 1 aliphatic heterocycles. The number of rotatable bonds is 2. The molecule has 1 aromatic carbocycles. The van der Waals surface area contributed by atoms with E-state index in [0.29, 0.717) is 5.92 Å². The van der Waals surface area contributed by atoms with Crippen molar-refractivity contribution in [2.75, 3.05) is 0 Å². The summed E-state index contributed by atoms with van der Waals surface area (Å²) in [5.41, 5.74) is 2.71. The van der Waals surface area contributed by atoms with E-state index in [2.05, 4.69) is 57.8 Å². The molecule has 0 aliphatic carbocycles. The zero-order valence-electron chi connectivity index (χ0n) is 10.6. The Morgan fingerprint density at radius 2 is 2.11 bits per heavy atom. The summed E-state index contributed by atoms with van der Waals surface area (Å²) in [5.74, 6) is 1.81. The zero-order chi connectivity index (χ0) is 12.5. The standard InChI is InChI=1S/C15H17BrN2/c1-11-6-5-9-18-13(17-15(16)14(11)18)10-12-7-3-2-4-8-12/h2-4,7-8,11H,5-6,9-10H2,1H3. The molecule has 0 radical (unpaired) electrons. The van der Waals surface area contributed by atoms with Crippen LogP contribution in [0.4, 0.5) is 0 Å². The lowest BCUT2D eigenvalue weighted by Crippen LogP contribution is -2.15. The lowest BCUT2D eigenvalue weighted by atomic mass is 9.98. The highest BCUT2D eigenvalue weighted by Crippen LogP contribution is 2.33. The fraction of sp³-hybridized carbons (Fsp3) is 0.400. The normalized spacial score (nSPS) is 18.7. The van der Waals surface area contributed by atoms with Gasteiger partial charge in [0.1, 0.15) is 10.4 Å². The Morgan fingerprint density at radius 1 is 1.33 bits per heavy atom. The minimum Gasteiger partial charge on any atom is -0.330 e. The van der Waals surface area contributed by atoms with E-state index in [1.165, 1.54) is 29.9 Å². The van der Waals surface area contributed by atoms with Crippen molar-refractivity contribution < 1.29 is 0 Å². The first-order valence-corrected chi connectivity index (χ1v) is 7.33. The first-order chi connectivity index (χ1) is 8.75. The molecule has 0 saturated carbocycles. The van der Waals surface area contributed by atoms with Gasteiger partial charge < -0.3 is 4.57 Å². The van der Waals surface area contributed by atoms with Crippen LogP contribution in [0.25, 0.3) is 0 Å². The molecule has 2 nitrogen and oxygen atoms in total. The van der Waals surface area contributed by atoms with Crippen molar-refractivity contribution in [3.8, 4) is 0 Å². The zero-order valence-corrected chi connectivity index (χ0v) is 12.2. The van der Waals surface area contributed by atoms with Crippen LogP contribution in [0, 0.1) is 0 Å². The van der Waals surface area contributed by atoms with E-state index < -0.39 is 0 Å². The third kappa shape index (κ3) is 2.12. The molecule has 0 spiro atoms. The van der Waals surface area contributed by atoms with Crippen LogP contribution in [0.1, 0.15) is 42.8 Å². The van der Waals surface area contributed by atoms with Gasteiger partial charge >= 0.3 is 0 Å². The molecule has 18 heavy (non-hydrogen) atoms. The largest absolute Gasteiger partial charge is 0.330 e. The van der Waals surface area contributed by atoms with E-state index in [1.807, 2.05) is 0 Å². The van der Waals surface area contributed by atoms with Crippen LogP contribution in [0.5, 0.6) is 0 Å². The third-order valence-corrected chi connectivity index (χ3v) is 4.32. The summed E-state index contributed by atoms with van der Waals surface area (Å²) in [4.78, 5) is 4.72. The van der Waals surface area contributed by atoms with Crippen LogP contribution in [0.2, 0.25) is 0 Å². The second-order valence-electron chi connectivity index (χ2n) is 5.06. The van der Waals surface area contributed by atoms with Crippen molar-refractivity contribution in [2.24, 2.45) is 0 Å². The van der Waals surface area contributed by atoms with Crippen molar-refractivity contribution in [3.63, 3.8) is 0 Å². The van der Waals surface area contributed by atoms with Gasteiger partial charge in [-0.3, -0.25) is 0 Å². The third-order valence-electron chi connectivity index (χ3n) is 3.73. The number of imidazole rings is 1. The van der Waals surface area contributed by atoms with Crippen LogP contribution in [0.3, 0.4) is 0 Å². The fourth-order valence-electron chi connectivity index (χ4n) is 2.81. The second-order valence-corrected chi connectivity index (χ2v) is 5.81. The lowest BCUT2D eigenvalue weighted by Gasteiger charge is -2.22. The summed E-state index contributed by atoms with van der Waals surface area (Å²) in [5, 5.41) is 0. The van der Waals surface area contributed by atoms with E-state index >= 15 is 0 Å². The van der Waals surface area contributed by atoms with Crippen LogP contribution in [-0.4, -0.2) is 9.55 Å². The van der Waals surface area contributed by atoms with Crippen molar-refractivity contribution in [1.82, 2.24) is 9.55 Å². The minimum absolute atomic E-state index is 0.616. The number of benzene rings is 1. The maximum atomic E-state index is 4.72. The van der Waals surface area contributed by atoms with Gasteiger partial charge in [-0.1, -0.05) is 37.3 Å². The molecule has 0 N–H and O–H groups in total. The van der Waals surface area contributed by atoms with Crippen molar-refractivity contribution in [1.29, 1.82) is 0 Å². The molecular weight excluding hydrogens is 288 g/mol. The fourth-order valence-corrected chi connectivity index (χ4v) is 3.62. The first kappa shape index (κ1) is 12.0. The molecule has 94 valence electrons. The maximum Gasteiger partial charge on any atom is 0.127 e. The molecule has 0 bridgehead atoms. The monoisotopic (exact) mass is 304 g/mol. The van der Waals surface area contributed by atoms with Gasteiger partial charge in [-0.15, -0.1) is 0 Å². The second kappa shape index (κ2) is 4.88. The molecule has 2 aromatic rings. The van der Waals surface area contributed by atoms with Gasteiger partial charge in [-0.05, 0) is 40.3 Å². The highest BCUT2D eigenvalue weighted by molar-refractivity contribution is 9.10. The number of aromatic nitrogens is 2. The molecule has 1 aliphatic rings. The summed E-state index contributed by atoms with van der Waals surface area (Å²) in [7, 11) is 0. The number of hydrogen-bond acceptors (Lipinski definition) is 1. The predicted octanol–water partition coefficient (Wildman–Crippen LogP) is 4.13. The Hall–Kier alpha value is -1.09. The Bertz CT molecular complexity index is 545. The summed E-state index contributed by atoms with van der Waals surface area (Å²) < 4.78 is 3.45. The summed E-state index contributed by atoms with van der Waals surface area (Å²) >= 11 is 3.62. The number of halogens is 1. The molecular formula is C15H17BrN2. The highest BCUT2D eigenvalue weighted by Gasteiger charge is 2.23. The average Bonchev–Trinajstić information content (AvgIpc) is 2.69. The summed E-state index contributed by atoms with van der Waals surface area (Å²) in [6.45, 7) is 3.41. The van der Waals surface area contributed by atoms with E-state index in [0.717, 1.165) is 17.6 Å². The van der Waals surface area contributed by atoms with Crippen molar-refractivity contribution in [3.05, 3.63) is 52.0 Å². The van der Waals surface area contributed by atoms with E-state index in [4.69, 9.17) is 4.98 Å². The molecule has 2 heterocycles. The lowest BCUT2D eigenvalue weighted by molar-refractivity contribution is 0.464. The Kier molecular flexibility index (Phi) is 3.25. The molecule has 1 unspecified atom stereocenters. The smallest absolute Gasteiger partial charge is 0.127 e. The van der Waals surface area contributed by atoms with E-state index in [-0.39, 0.29) is 0 Å². The van der Waals surface area contributed by atoms with Crippen LogP contribution < -0.4 is 0 Å². The Balaban J connectivity index is 1.96. The minimum atomic E-state index is 0.616. The Labute approximate surface area is 116 Å². The van der Waals surface area contributed by atoms with Gasteiger partial charge in [0.15, 0.2) is 0 Å². The quantitative estimate of drug-likeness (QED) is 0.815. The number of fused-ring (bicyclic) bond motifs is 1. The summed E-state index contributed by atoms with van der Waals surface area (Å²) in [6, 6.07) is 10.6. The van der Waals surface area contributed by atoms with E-state index in [9.17, 15) is 0 Å². The van der Waals surface area contributed by atoms with Gasteiger partial charge in [0.2, 0.25) is 0 Å². The van der Waals surface area contributed by atoms with Crippen LogP contribution >= 0.6 is 15.9 Å². The highest BCUT2D eigenvalue weighted by atomic mass is 79.9. The molecule has 0 saturated heterocycles. The maximum absolute atomic E-state index is 4.72. The topological polar surface area (TPSA) is 17.8 Å². The van der Waals surface area contributed by atoms with Gasteiger partial charge in [0.05, 0.1) is 5.69 Å². The molecule has 1 atom stereocenters. The SMILES string of the molecule is CC1CCCn2c(Cc3ccccc3)nc(Br)c21. The van der Waals surface area contributed by atoms with Crippen molar-refractivity contribution >= 4 is 15.9 Å². The van der Waals surface area contributed by atoms with E-state index in [1.54, 1.807) is 0 Å². The number of hydrogen-bond donors (Lipinski definition) is 0. The summed E-state index contributed by atoms with van der Waals surface area (Å²) in [6.07, 6.45) is 3.46. The van der Waals surface area contributed by atoms with Crippen molar-refractivity contribution in [2.45, 2.75) is 38.6 Å². The van der Waals surface area contributed by atoms with Crippen LogP contribution in [-0.2, 0) is 13.0 Å². The van der Waals surface area contributed by atoms with Gasteiger partial charge in [0, 0.05) is 13.0 Å². The first-order valence-electron chi connectivity index (χ1n) is 6.54. The number of nitrogens with zero attached hydrogens (tertiary/aromatic N) is 2. The molecule has 3 rings (SSSR count). The molecule has 0 fully saturated rings. The van der Waals surface area contributed by atoms with Crippen LogP contribution in [0.15, 0.2) is 34.9 Å². The predicted molar refractivity (Wildman–Crippen MR) is 76.8 cm³/mol. The van der Waals surface area contributed by atoms with Gasteiger partial charge in [-0.25, -0.2) is 4.98 Å². The van der Waals surface area contributed by atoms with Gasteiger partial charge in [-0.2, -0.15) is 0 Å².